The van der Waals surface area contributed by atoms with E-state index in [0.29, 0.717) is 22.9 Å². The van der Waals surface area contributed by atoms with E-state index in [4.69, 9.17) is 0 Å². The Morgan fingerprint density at radius 2 is 2.29 bits per heavy atom. The smallest absolute Gasteiger partial charge is 0.266 e. The molecule has 0 aliphatic heterocycles. The first kappa shape index (κ1) is 11.2. The lowest BCUT2D eigenvalue weighted by Crippen LogP contribution is -2.03. The van der Waals surface area contributed by atoms with Crippen molar-refractivity contribution in [1.82, 2.24) is 4.98 Å². The van der Waals surface area contributed by atoms with Gasteiger partial charge in [0.25, 0.3) is 6.43 Å². The van der Waals surface area contributed by atoms with E-state index in [9.17, 15) is 13.6 Å². The van der Waals surface area contributed by atoms with E-state index in [1.54, 1.807) is 13.0 Å². The van der Waals surface area contributed by atoms with Gasteiger partial charge in [-0.25, -0.2) is 13.8 Å². The van der Waals surface area contributed by atoms with Crippen molar-refractivity contribution in [3.8, 4) is 0 Å². The lowest BCUT2D eigenvalue weighted by atomic mass is 10.1. The van der Waals surface area contributed by atoms with Crippen LogP contribution >= 0.6 is 15.9 Å². The Balaban J connectivity index is 3.34. The second kappa shape index (κ2) is 4.59. The quantitative estimate of drug-likeness (QED) is 0.620. The summed E-state index contributed by atoms with van der Waals surface area (Å²) in [6.45, 7) is 1.54. The number of halogens is 3. The zero-order chi connectivity index (χ0) is 10.7. The number of carbonyl (C=O) groups is 1. The monoisotopic (exact) mass is 263 g/mol. The Bertz CT molecular complexity index is 355. The summed E-state index contributed by atoms with van der Waals surface area (Å²) in [5, 5.41) is 0.443. The number of alkyl halides is 3. The van der Waals surface area contributed by atoms with Crippen molar-refractivity contribution in [1.29, 1.82) is 0 Å². The molecule has 0 bridgehead atoms. The number of aldehydes is 1. The minimum Gasteiger partial charge on any atom is -0.296 e. The van der Waals surface area contributed by atoms with Gasteiger partial charge >= 0.3 is 0 Å². The first-order chi connectivity index (χ1) is 6.60. The maximum absolute atomic E-state index is 12.5. The van der Waals surface area contributed by atoms with Gasteiger partial charge in [-0.05, 0) is 18.6 Å². The summed E-state index contributed by atoms with van der Waals surface area (Å²) in [5.74, 6) is 0. The van der Waals surface area contributed by atoms with Crippen LogP contribution in [-0.2, 0) is 5.33 Å². The maximum atomic E-state index is 12.5. The van der Waals surface area contributed by atoms with Gasteiger partial charge in [0.1, 0.15) is 5.69 Å². The average Bonchev–Trinajstić information content (AvgIpc) is 2.15. The molecule has 2 nitrogen and oxygen atoms in total. The molecule has 1 heterocycles. The molecule has 5 heteroatoms. The van der Waals surface area contributed by atoms with Crippen molar-refractivity contribution < 1.29 is 13.6 Å². The average molecular weight is 264 g/mol. The molecule has 0 aromatic carbocycles. The molecule has 0 amide bonds. The molecule has 0 saturated heterocycles. The van der Waals surface area contributed by atoms with Gasteiger partial charge in [-0.15, -0.1) is 0 Å². The molecular weight excluding hydrogens is 256 g/mol. The van der Waals surface area contributed by atoms with Crippen LogP contribution in [0.1, 0.15) is 33.7 Å². The van der Waals surface area contributed by atoms with E-state index in [2.05, 4.69) is 20.9 Å². The van der Waals surface area contributed by atoms with Crippen LogP contribution in [0.2, 0.25) is 0 Å². The molecule has 0 fully saturated rings. The zero-order valence-corrected chi connectivity index (χ0v) is 9.01. The first-order valence-electron chi connectivity index (χ1n) is 3.89. The van der Waals surface area contributed by atoms with Crippen molar-refractivity contribution in [2.45, 2.75) is 18.7 Å². The van der Waals surface area contributed by atoms with Gasteiger partial charge in [0.15, 0.2) is 6.29 Å². The topological polar surface area (TPSA) is 30.0 Å². The Morgan fingerprint density at radius 3 is 2.71 bits per heavy atom. The Labute approximate surface area is 88.5 Å². The van der Waals surface area contributed by atoms with Crippen LogP contribution in [-0.4, -0.2) is 11.3 Å². The van der Waals surface area contributed by atoms with Gasteiger partial charge < -0.3 is 0 Å². The van der Waals surface area contributed by atoms with Crippen LogP contribution in [0.4, 0.5) is 8.78 Å². The molecular formula is C9H8BrF2NO. The van der Waals surface area contributed by atoms with Crippen LogP contribution in [0.15, 0.2) is 6.07 Å². The summed E-state index contributed by atoms with van der Waals surface area (Å²) >= 11 is 3.15. The number of aromatic nitrogens is 1. The summed E-state index contributed by atoms with van der Waals surface area (Å²) < 4.78 is 25.0. The number of rotatable bonds is 3. The molecule has 1 aromatic rings. The highest BCUT2D eigenvalue weighted by atomic mass is 79.9. The molecule has 0 unspecified atom stereocenters. The van der Waals surface area contributed by atoms with Gasteiger partial charge in [-0.1, -0.05) is 15.9 Å². The molecule has 0 aliphatic carbocycles. The van der Waals surface area contributed by atoms with Crippen LogP contribution in [0.5, 0.6) is 0 Å². The van der Waals surface area contributed by atoms with Crippen molar-refractivity contribution in [2.75, 3.05) is 0 Å². The molecule has 0 saturated carbocycles. The molecule has 14 heavy (non-hydrogen) atoms. The number of carbonyl (C=O) groups excluding carboxylic acids is 1. The van der Waals surface area contributed by atoms with E-state index in [1.807, 2.05) is 0 Å². The number of hydrogen-bond donors (Lipinski definition) is 0. The lowest BCUT2D eigenvalue weighted by Gasteiger charge is -2.08. The fraction of sp³-hybridized carbons (Fsp3) is 0.333. The third-order valence-corrected chi connectivity index (χ3v) is 2.39. The summed E-state index contributed by atoms with van der Waals surface area (Å²) in [4.78, 5) is 14.3. The number of hydrogen-bond acceptors (Lipinski definition) is 2. The van der Waals surface area contributed by atoms with Crippen molar-refractivity contribution in [3.63, 3.8) is 0 Å². The fourth-order valence-electron chi connectivity index (χ4n) is 1.22. The first-order valence-corrected chi connectivity index (χ1v) is 5.02. The summed E-state index contributed by atoms with van der Waals surface area (Å²) in [7, 11) is 0. The second-order valence-corrected chi connectivity index (χ2v) is 3.34. The zero-order valence-electron chi connectivity index (χ0n) is 7.43. The lowest BCUT2D eigenvalue weighted by molar-refractivity contribution is 0.110. The largest absolute Gasteiger partial charge is 0.296 e. The molecule has 76 valence electrons. The normalized spacial score (nSPS) is 10.6. The fourth-order valence-corrected chi connectivity index (χ4v) is 1.51. The van der Waals surface area contributed by atoms with Crippen molar-refractivity contribution in [2.24, 2.45) is 0 Å². The predicted octanol–water partition coefficient (Wildman–Crippen LogP) is 3.04. The Kier molecular flexibility index (Phi) is 3.69. The van der Waals surface area contributed by atoms with E-state index in [0.717, 1.165) is 0 Å². The molecule has 0 N–H and O–H groups in total. The summed E-state index contributed by atoms with van der Waals surface area (Å²) in [5.41, 5.74) is 0.528. The van der Waals surface area contributed by atoms with E-state index >= 15 is 0 Å². The Hall–Kier alpha value is -0.840. The standard InChI is InChI=1S/C9H8BrF2NO/c1-5-2-6(3-10)13-7(4-14)8(5)9(11)12/h2,4,9H,3H2,1H3. The minimum absolute atomic E-state index is 0.172. The van der Waals surface area contributed by atoms with E-state index < -0.39 is 6.43 Å². The number of nitrogens with zero attached hydrogens (tertiary/aromatic N) is 1. The van der Waals surface area contributed by atoms with E-state index in [1.165, 1.54) is 0 Å². The number of pyridine rings is 1. The van der Waals surface area contributed by atoms with Gasteiger partial charge in [-0.2, -0.15) is 0 Å². The molecule has 0 radical (unpaired) electrons. The summed E-state index contributed by atoms with van der Waals surface area (Å²) in [6, 6.07) is 1.54. The van der Waals surface area contributed by atoms with Gasteiger partial charge in [0.05, 0.1) is 5.69 Å². The van der Waals surface area contributed by atoms with Crippen molar-refractivity contribution in [3.05, 3.63) is 28.6 Å². The third-order valence-electron chi connectivity index (χ3n) is 1.81. The third kappa shape index (κ3) is 2.15. The van der Waals surface area contributed by atoms with Gasteiger partial charge in [0, 0.05) is 10.9 Å². The van der Waals surface area contributed by atoms with Crippen LogP contribution in [0.25, 0.3) is 0 Å². The highest BCUT2D eigenvalue weighted by Crippen LogP contribution is 2.25. The second-order valence-electron chi connectivity index (χ2n) is 2.78. The maximum Gasteiger partial charge on any atom is 0.266 e. The Morgan fingerprint density at radius 1 is 1.64 bits per heavy atom. The van der Waals surface area contributed by atoms with Crippen LogP contribution in [0.3, 0.4) is 0 Å². The van der Waals surface area contributed by atoms with Crippen LogP contribution < -0.4 is 0 Å². The highest BCUT2D eigenvalue weighted by molar-refractivity contribution is 9.08. The molecule has 0 atom stereocenters. The molecule has 1 aromatic heterocycles. The minimum atomic E-state index is -2.66. The van der Waals surface area contributed by atoms with Gasteiger partial charge in [0.2, 0.25) is 0 Å². The van der Waals surface area contributed by atoms with Crippen molar-refractivity contribution >= 4 is 22.2 Å². The molecule has 1 rings (SSSR count). The van der Waals surface area contributed by atoms with Crippen LogP contribution in [0, 0.1) is 6.92 Å². The van der Waals surface area contributed by atoms with Gasteiger partial charge in [-0.3, -0.25) is 4.79 Å². The molecule has 0 aliphatic rings. The SMILES string of the molecule is Cc1cc(CBr)nc(C=O)c1C(F)F. The highest BCUT2D eigenvalue weighted by Gasteiger charge is 2.17. The predicted molar refractivity (Wildman–Crippen MR) is 51.9 cm³/mol. The summed E-state index contributed by atoms with van der Waals surface area (Å²) in [6.07, 6.45) is -2.30. The number of aryl methyl sites for hydroxylation is 1. The molecule has 0 spiro atoms. The van der Waals surface area contributed by atoms with E-state index in [-0.39, 0.29) is 11.3 Å².